The van der Waals surface area contributed by atoms with Gasteiger partial charge in [-0.1, -0.05) is 6.07 Å². The van der Waals surface area contributed by atoms with Gasteiger partial charge in [0.25, 0.3) is 0 Å². The average Bonchev–Trinajstić information content (AvgIpc) is 2.66. The Bertz CT molecular complexity index is 565. The predicted octanol–water partition coefficient (Wildman–Crippen LogP) is 3.33. The van der Waals surface area contributed by atoms with E-state index in [0.717, 1.165) is 22.5 Å². The van der Waals surface area contributed by atoms with E-state index in [9.17, 15) is 0 Å². The molecule has 0 spiro atoms. The van der Waals surface area contributed by atoms with E-state index in [-0.39, 0.29) is 6.10 Å². The number of imidazole rings is 1. The summed E-state index contributed by atoms with van der Waals surface area (Å²) in [5.41, 5.74) is 7.96. The van der Waals surface area contributed by atoms with Gasteiger partial charge in [-0.3, -0.25) is 0 Å². The van der Waals surface area contributed by atoms with E-state index >= 15 is 0 Å². The van der Waals surface area contributed by atoms with E-state index in [4.69, 9.17) is 10.5 Å². The summed E-state index contributed by atoms with van der Waals surface area (Å²) in [5, 5.41) is 0. The van der Waals surface area contributed by atoms with E-state index in [1.54, 1.807) is 11.8 Å². The Morgan fingerprint density at radius 3 is 2.74 bits per heavy atom. The largest absolute Gasteiger partial charge is 0.489 e. The minimum atomic E-state index is 0.126. The molecule has 2 aromatic rings. The van der Waals surface area contributed by atoms with Crippen LogP contribution in [0.15, 0.2) is 18.2 Å². The number of para-hydroxylation sites is 1. The summed E-state index contributed by atoms with van der Waals surface area (Å²) in [6.07, 6.45) is 2.22. The molecular weight excluding hydrogens is 258 g/mol. The highest BCUT2D eigenvalue weighted by Crippen LogP contribution is 2.30. The molecule has 0 saturated carbocycles. The van der Waals surface area contributed by atoms with Crippen molar-refractivity contribution in [3.8, 4) is 5.75 Å². The van der Waals surface area contributed by atoms with Crippen LogP contribution in [0.5, 0.6) is 5.75 Å². The van der Waals surface area contributed by atoms with Crippen molar-refractivity contribution in [3.05, 3.63) is 18.2 Å². The maximum absolute atomic E-state index is 6.07. The van der Waals surface area contributed by atoms with Gasteiger partial charge in [0.15, 0.2) is 0 Å². The molecule has 5 heteroatoms. The Kier molecular flexibility index (Phi) is 4.24. The standard InChI is InChI=1S/C14H21N3OS/c1-9(2)18-12-7-5-6-11-13(12)16-14(15)17(11)10(3)8-19-4/h5-7,9-10H,8H2,1-4H3,(H2,15,16). The first kappa shape index (κ1) is 14.1. The van der Waals surface area contributed by atoms with Gasteiger partial charge in [0, 0.05) is 11.8 Å². The molecule has 0 aliphatic heterocycles. The number of hydrogen-bond acceptors (Lipinski definition) is 4. The Morgan fingerprint density at radius 2 is 2.11 bits per heavy atom. The predicted molar refractivity (Wildman–Crippen MR) is 83.0 cm³/mol. The zero-order valence-electron chi connectivity index (χ0n) is 11.9. The van der Waals surface area contributed by atoms with Crippen molar-refractivity contribution in [2.45, 2.75) is 32.9 Å². The summed E-state index contributed by atoms with van der Waals surface area (Å²) in [4.78, 5) is 4.48. The fraction of sp³-hybridized carbons (Fsp3) is 0.500. The van der Waals surface area contributed by atoms with Gasteiger partial charge < -0.3 is 15.0 Å². The summed E-state index contributed by atoms with van der Waals surface area (Å²) >= 11 is 1.80. The number of fused-ring (bicyclic) bond motifs is 1. The number of rotatable bonds is 5. The highest BCUT2D eigenvalue weighted by Gasteiger charge is 2.16. The van der Waals surface area contributed by atoms with Gasteiger partial charge in [-0.25, -0.2) is 4.98 Å². The first-order chi connectivity index (χ1) is 9.04. The van der Waals surface area contributed by atoms with Crippen molar-refractivity contribution in [1.82, 2.24) is 9.55 Å². The molecule has 1 aromatic carbocycles. The molecule has 2 rings (SSSR count). The molecule has 0 bridgehead atoms. The smallest absolute Gasteiger partial charge is 0.201 e. The minimum Gasteiger partial charge on any atom is -0.489 e. The fourth-order valence-corrected chi connectivity index (χ4v) is 2.87. The number of hydrogen-bond donors (Lipinski definition) is 1. The monoisotopic (exact) mass is 279 g/mol. The van der Waals surface area contributed by atoms with Crippen molar-refractivity contribution < 1.29 is 4.74 Å². The van der Waals surface area contributed by atoms with Gasteiger partial charge in [0.1, 0.15) is 11.3 Å². The number of nitrogen functional groups attached to an aromatic ring is 1. The fourth-order valence-electron chi connectivity index (χ4n) is 2.24. The molecule has 104 valence electrons. The minimum absolute atomic E-state index is 0.126. The van der Waals surface area contributed by atoms with Gasteiger partial charge in [0.2, 0.25) is 5.95 Å². The summed E-state index contributed by atoms with van der Waals surface area (Å²) in [5.74, 6) is 2.36. The first-order valence-corrected chi connectivity index (χ1v) is 7.86. The van der Waals surface area contributed by atoms with E-state index in [1.165, 1.54) is 0 Å². The van der Waals surface area contributed by atoms with Crippen LogP contribution in [0, 0.1) is 0 Å². The number of anilines is 1. The zero-order chi connectivity index (χ0) is 14.0. The Hall–Kier alpha value is -1.36. The van der Waals surface area contributed by atoms with Gasteiger partial charge in [-0.15, -0.1) is 0 Å². The average molecular weight is 279 g/mol. The van der Waals surface area contributed by atoms with E-state index in [1.807, 2.05) is 32.0 Å². The molecule has 0 aliphatic carbocycles. The molecule has 0 fully saturated rings. The van der Waals surface area contributed by atoms with Crippen molar-refractivity contribution in [3.63, 3.8) is 0 Å². The number of aromatic nitrogens is 2. The van der Waals surface area contributed by atoms with Gasteiger partial charge in [-0.05, 0) is 39.2 Å². The number of thioether (sulfide) groups is 1. The number of ether oxygens (including phenoxy) is 1. The van der Waals surface area contributed by atoms with E-state index in [0.29, 0.717) is 12.0 Å². The lowest BCUT2D eigenvalue weighted by Crippen LogP contribution is -2.10. The van der Waals surface area contributed by atoms with Gasteiger partial charge in [0.05, 0.1) is 11.6 Å². The van der Waals surface area contributed by atoms with Crippen molar-refractivity contribution in [2.75, 3.05) is 17.7 Å². The van der Waals surface area contributed by atoms with Crippen LogP contribution in [-0.4, -0.2) is 27.7 Å². The van der Waals surface area contributed by atoms with E-state index in [2.05, 4.69) is 22.7 Å². The highest BCUT2D eigenvalue weighted by molar-refractivity contribution is 7.98. The Labute approximate surface area is 118 Å². The van der Waals surface area contributed by atoms with Crippen molar-refractivity contribution >= 4 is 28.7 Å². The molecule has 0 aliphatic rings. The van der Waals surface area contributed by atoms with Crippen LogP contribution in [0.1, 0.15) is 26.8 Å². The summed E-state index contributed by atoms with van der Waals surface area (Å²) in [6.45, 7) is 6.18. The van der Waals surface area contributed by atoms with Crippen LogP contribution in [0.2, 0.25) is 0 Å². The molecule has 0 amide bonds. The second kappa shape index (κ2) is 5.74. The molecule has 4 nitrogen and oxygen atoms in total. The maximum Gasteiger partial charge on any atom is 0.201 e. The lowest BCUT2D eigenvalue weighted by molar-refractivity contribution is 0.245. The molecule has 0 saturated heterocycles. The molecule has 1 aromatic heterocycles. The second-order valence-corrected chi connectivity index (χ2v) is 5.85. The SMILES string of the molecule is CSCC(C)n1c(N)nc2c(OC(C)C)cccc21. The van der Waals surface area contributed by atoms with Crippen LogP contribution < -0.4 is 10.5 Å². The maximum atomic E-state index is 6.07. The third-order valence-corrected chi connectivity index (χ3v) is 3.74. The highest BCUT2D eigenvalue weighted by atomic mass is 32.2. The third kappa shape index (κ3) is 2.81. The van der Waals surface area contributed by atoms with Crippen LogP contribution in [0.3, 0.4) is 0 Å². The molecule has 1 unspecified atom stereocenters. The topological polar surface area (TPSA) is 53.1 Å². The summed E-state index contributed by atoms with van der Waals surface area (Å²) in [7, 11) is 0. The molecule has 1 heterocycles. The molecule has 19 heavy (non-hydrogen) atoms. The Morgan fingerprint density at radius 1 is 1.37 bits per heavy atom. The zero-order valence-corrected chi connectivity index (χ0v) is 12.7. The van der Waals surface area contributed by atoms with Crippen LogP contribution in [-0.2, 0) is 0 Å². The van der Waals surface area contributed by atoms with Crippen LogP contribution in [0.25, 0.3) is 11.0 Å². The number of benzene rings is 1. The lowest BCUT2D eigenvalue weighted by atomic mass is 10.2. The number of nitrogens with zero attached hydrogens (tertiary/aromatic N) is 2. The van der Waals surface area contributed by atoms with Crippen molar-refractivity contribution in [1.29, 1.82) is 0 Å². The molecule has 2 N–H and O–H groups in total. The first-order valence-electron chi connectivity index (χ1n) is 6.46. The van der Waals surface area contributed by atoms with Crippen molar-refractivity contribution in [2.24, 2.45) is 0 Å². The third-order valence-electron chi connectivity index (χ3n) is 2.92. The number of nitrogens with two attached hydrogens (primary N) is 1. The Balaban J connectivity index is 2.52. The van der Waals surface area contributed by atoms with E-state index < -0.39 is 0 Å². The molecular formula is C14H21N3OS. The van der Waals surface area contributed by atoms with Gasteiger partial charge in [-0.2, -0.15) is 11.8 Å². The van der Waals surface area contributed by atoms with Crippen LogP contribution >= 0.6 is 11.8 Å². The van der Waals surface area contributed by atoms with Gasteiger partial charge >= 0.3 is 0 Å². The lowest BCUT2D eigenvalue weighted by Gasteiger charge is -2.15. The molecule has 0 radical (unpaired) electrons. The summed E-state index contributed by atoms with van der Waals surface area (Å²) < 4.78 is 7.88. The second-order valence-electron chi connectivity index (χ2n) is 4.93. The molecule has 1 atom stereocenters. The normalized spacial score (nSPS) is 13.1. The quantitative estimate of drug-likeness (QED) is 0.912. The summed E-state index contributed by atoms with van der Waals surface area (Å²) in [6, 6.07) is 6.29. The van der Waals surface area contributed by atoms with Crippen LogP contribution in [0.4, 0.5) is 5.95 Å².